The van der Waals surface area contributed by atoms with Gasteiger partial charge in [-0.05, 0) is 0 Å². The molecule has 0 aromatic heterocycles. The van der Waals surface area contributed by atoms with Crippen molar-refractivity contribution in [3.8, 4) is 0 Å². The van der Waals surface area contributed by atoms with E-state index in [-0.39, 0.29) is 0 Å². The molecule has 1 aromatic rings. The Labute approximate surface area is 118 Å². The molecule has 0 aliphatic heterocycles. The standard InChI is InChI=1S/C10H11O2.3CH3O.Ti/c1-2-8-12-10(11)9-6-4-3-5-7-9;3*1-2;/h3-8H,2H2,1H3;3*1H3;/q;3*-1;+3. The van der Waals surface area contributed by atoms with E-state index in [0.717, 1.165) is 0 Å². The van der Waals surface area contributed by atoms with Crippen LogP contribution in [0.5, 0.6) is 0 Å². The van der Waals surface area contributed by atoms with Crippen molar-refractivity contribution < 1.29 is 37.2 Å². The summed E-state index contributed by atoms with van der Waals surface area (Å²) >= 11 is -3.54. The molecular weight excluding hydrogens is 284 g/mol. The molecule has 0 spiro atoms. The van der Waals surface area contributed by atoms with Crippen molar-refractivity contribution in [2.45, 2.75) is 17.8 Å². The average Bonchev–Trinajstić information content (AvgIpc) is 2.49. The van der Waals surface area contributed by atoms with Crippen molar-refractivity contribution in [3.63, 3.8) is 0 Å². The van der Waals surface area contributed by atoms with E-state index in [1.165, 1.54) is 21.3 Å². The molecule has 0 saturated heterocycles. The Bertz CT molecular complexity index is 383. The number of benzene rings is 1. The molecule has 0 fully saturated rings. The monoisotopic (exact) mass is 304 g/mol. The van der Waals surface area contributed by atoms with Crippen LogP contribution in [-0.4, -0.2) is 31.7 Å². The maximum atomic E-state index is 12.0. The molecule has 19 heavy (non-hydrogen) atoms. The van der Waals surface area contributed by atoms with E-state index in [9.17, 15) is 4.79 Å². The molecule has 0 aliphatic carbocycles. The molecular formula is C13H20O5Ti. The summed E-state index contributed by atoms with van der Waals surface area (Å²) in [5.41, 5.74) is 0.501. The Morgan fingerprint density at radius 3 is 2.05 bits per heavy atom. The minimum atomic E-state index is -3.54. The van der Waals surface area contributed by atoms with E-state index in [0.29, 0.717) is 12.0 Å². The second kappa shape index (κ2) is 7.77. The fraction of sp³-hybridized carbons (Fsp3) is 0.462. The average molecular weight is 304 g/mol. The van der Waals surface area contributed by atoms with Gasteiger partial charge in [-0.1, -0.05) is 0 Å². The van der Waals surface area contributed by atoms with E-state index in [1.807, 2.05) is 13.0 Å². The second-order valence-corrected chi connectivity index (χ2v) is 8.69. The van der Waals surface area contributed by atoms with E-state index >= 15 is 0 Å². The predicted molar refractivity (Wildman–Crippen MR) is 67.0 cm³/mol. The fourth-order valence-electron chi connectivity index (χ4n) is 1.82. The van der Waals surface area contributed by atoms with Gasteiger partial charge < -0.3 is 0 Å². The number of rotatable bonds is 7. The minimum absolute atomic E-state index is 0.395. The fourth-order valence-corrected chi connectivity index (χ4v) is 5.01. The summed E-state index contributed by atoms with van der Waals surface area (Å²) in [5, 5.41) is 0. The van der Waals surface area contributed by atoms with E-state index in [2.05, 4.69) is 0 Å². The summed E-state index contributed by atoms with van der Waals surface area (Å²) in [6.07, 6.45) is 0.577. The van der Waals surface area contributed by atoms with Crippen LogP contribution in [-0.2, 0) is 32.4 Å². The third-order valence-corrected chi connectivity index (χ3v) is 7.60. The molecule has 106 valence electrons. The van der Waals surface area contributed by atoms with Crippen molar-refractivity contribution >= 4 is 5.97 Å². The third kappa shape index (κ3) is 3.87. The van der Waals surface area contributed by atoms with Gasteiger partial charge >= 0.3 is 118 Å². The van der Waals surface area contributed by atoms with Crippen LogP contribution in [0.4, 0.5) is 0 Å². The van der Waals surface area contributed by atoms with Crippen LogP contribution in [0.25, 0.3) is 0 Å². The summed E-state index contributed by atoms with van der Waals surface area (Å²) in [7, 11) is 4.56. The van der Waals surface area contributed by atoms with Gasteiger partial charge in [0.2, 0.25) is 0 Å². The van der Waals surface area contributed by atoms with Gasteiger partial charge in [0, 0.05) is 0 Å². The Hall–Kier alpha value is -0.716. The van der Waals surface area contributed by atoms with Gasteiger partial charge in [0.1, 0.15) is 0 Å². The van der Waals surface area contributed by atoms with Gasteiger partial charge in [0.15, 0.2) is 0 Å². The second-order valence-electron chi connectivity index (χ2n) is 3.88. The molecule has 0 radical (unpaired) electrons. The third-order valence-electron chi connectivity index (χ3n) is 2.88. The first-order valence-electron chi connectivity index (χ1n) is 6.05. The molecule has 1 rings (SSSR count). The molecule has 0 heterocycles. The van der Waals surface area contributed by atoms with Crippen LogP contribution in [0, 0.1) is 0 Å². The van der Waals surface area contributed by atoms with Crippen molar-refractivity contribution in [1.82, 2.24) is 0 Å². The van der Waals surface area contributed by atoms with Gasteiger partial charge in [-0.15, -0.1) is 0 Å². The number of hydrogen-bond acceptors (Lipinski definition) is 5. The zero-order valence-electron chi connectivity index (χ0n) is 11.7. The first kappa shape index (κ1) is 16.3. The number of carbonyl (C=O) groups excluding carboxylic acids is 1. The molecule has 5 nitrogen and oxygen atoms in total. The Balaban J connectivity index is 2.85. The number of hydrogen-bond donors (Lipinski definition) is 0. The normalized spacial score (nSPS) is 13.1. The predicted octanol–water partition coefficient (Wildman–Crippen LogP) is 2.42. The Morgan fingerprint density at radius 1 is 1.11 bits per heavy atom. The topological polar surface area (TPSA) is 54.0 Å². The summed E-state index contributed by atoms with van der Waals surface area (Å²) in [6, 6.07) is 8.83. The van der Waals surface area contributed by atoms with Crippen LogP contribution < -0.4 is 0 Å². The van der Waals surface area contributed by atoms with Gasteiger partial charge in [-0.3, -0.25) is 0 Å². The molecule has 1 atom stereocenters. The van der Waals surface area contributed by atoms with Crippen molar-refractivity contribution in [3.05, 3.63) is 35.9 Å². The molecule has 0 N–H and O–H groups in total. The Kier molecular flexibility index (Phi) is 6.68. The summed E-state index contributed by atoms with van der Waals surface area (Å²) in [4.78, 5) is 12.0. The van der Waals surface area contributed by atoms with E-state index < -0.39 is 28.1 Å². The number of carbonyl (C=O) groups is 1. The number of esters is 1. The zero-order valence-corrected chi connectivity index (χ0v) is 13.3. The number of ether oxygens (including phenoxy) is 1. The van der Waals surface area contributed by atoms with Crippen LogP contribution >= 0.6 is 0 Å². The molecule has 0 saturated carbocycles. The van der Waals surface area contributed by atoms with Gasteiger partial charge in [-0.2, -0.15) is 0 Å². The molecule has 1 unspecified atom stereocenters. The Morgan fingerprint density at radius 2 is 1.63 bits per heavy atom. The molecule has 6 heteroatoms. The molecule has 1 aromatic carbocycles. The molecule has 0 aliphatic rings. The zero-order chi connectivity index (χ0) is 14.3. The first-order valence-corrected chi connectivity index (χ1v) is 8.86. The maximum absolute atomic E-state index is 12.0. The van der Waals surface area contributed by atoms with Crippen molar-refractivity contribution in [2.75, 3.05) is 21.3 Å². The van der Waals surface area contributed by atoms with Crippen molar-refractivity contribution in [1.29, 1.82) is 0 Å². The quantitative estimate of drug-likeness (QED) is 0.572. The summed E-state index contributed by atoms with van der Waals surface area (Å²) in [5.74, 6) is -0.395. The van der Waals surface area contributed by atoms with Gasteiger partial charge in [-0.25, -0.2) is 0 Å². The van der Waals surface area contributed by atoms with E-state index in [1.54, 1.807) is 24.3 Å². The van der Waals surface area contributed by atoms with Crippen LogP contribution in [0.1, 0.15) is 23.7 Å². The van der Waals surface area contributed by atoms with Crippen LogP contribution in [0.15, 0.2) is 30.3 Å². The SMILES string of the molecule is CC[CH](OC(=O)c1ccccc1)[Ti]([O]C)([O]C)[O]C. The molecule has 0 bridgehead atoms. The van der Waals surface area contributed by atoms with E-state index in [4.69, 9.17) is 14.7 Å². The van der Waals surface area contributed by atoms with Crippen LogP contribution in [0.2, 0.25) is 0 Å². The van der Waals surface area contributed by atoms with Crippen LogP contribution in [0.3, 0.4) is 0 Å². The van der Waals surface area contributed by atoms with Gasteiger partial charge in [0.25, 0.3) is 0 Å². The molecule has 0 amide bonds. The summed E-state index contributed by atoms with van der Waals surface area (Å²) in [6.45, 7) is 1.90. The van der Waals surface area contributed by atoms with Crippen molar-refractivity contribution in [2.24, 2.45) is 0 Å². The first-order chi connectivity index (χ1) is 9.13. The summed E-state index contributed by atoms with van der Waals surface area (Å²) < 4.78 is 21.2. The van der Waals surface area contributed by atoms with Gasteiger partial charge in [0.05, 0.1) is 0 Å².